The topological polar surface area (TPSA) is 90.1 Å². The summed E-state index contributed by atoms with van der Waals surface area (Å²) in [5.41, 5.74) is 5.69. The molecule has 2 aromatic heterocycles. The van der Waals surface area contributed by atoms with Crippen LogP contribution in [0.3, 0.4) is 0 Å². The number of carbonyl (C=O) groups excluding carboxylic acids is 1. The zero-order valence-corrected chi connectivity index (χ0v) is 21.0. The van der Waals surface area contributed by atoms with E-state index in [1.54, 1.807) is 29.0 Å². The fourth-order valence-corrected chi connectivity index (χ4v) is 4.88. The maximum atomic E-state index is 12.9. The van der Waals surface area contributed by atoms with Gasteiger partial charge >= 0.3 is 11.7 Å². The third-order valence-corrected chi connectivity index (χ3v) is 6.73. The Labute approximate surface area is 213 Å². The number of aromatic nitrogens is 3. The molecule has 0 bridgehead atoms. The van der Waals surface area contributed by atoms with Crippen molar-refractivity contribution in [3.8, 4) is 0 Å². The first-order valence-corrected chi connectivity index (χ1v) is 12.1. The monoisotopic (exact) mass is 499 g/mol. The highest BCUT2D eigenvalue weighted by Gasteiger charge is 2.29. The molecule has 1 aliphatic rings. The van der Waals surface area contributed by atoms with Crippen LogP contribution in [0.4, 0.5) is 0 Å². The Bertz CT molecular complexity index is 1630. The van der Waals surface area contributed by atoms with Gasteiger partial charge in [0, 0.05) is 18.7 Å². The lowest BCUT2D eigenvalue weighted by Crippen LogP contribution is -2.25. The second-order valence-corrected chi connectivity index (χ2v) is 9.14. The number of carbonyl (C=O) groups is 1. The number of hydrogen-bond donors (Lipinski definition) is 1. The number of rotatable bonds is 5. The highest BCUT2D eigenvalue weighted by atomic mass is 32.1. The highest BCUT2D eigenvalue weighted by molar-refractivity contribution is 7.71. The van der Waals surface area contributed by atoms with Crippen molar-refractivity contribution in [1.82, 2.24) is 14.5 Å². The maximum Gasteiger partial charge on any atom is 0.337 e. The van der Waals surface area contributed by atoms with E-state index < -0.39 is 5.97 Å². The van der Waals surface area contributed by atoms with E-state index in [0.717, 1.165) is 34.4 Å². The van der Waals surface area contributed by atoms with Crippen molar-refractivity contribution < 1.29 is 13.9 Å². The lowest BCUT2D eigenvalue weighted by atomic mass is 9.86. The van der Waals surface area contributed by atoms with Crippen molar-refractivity contribution in [1.29, 1.82) is 0 Å². The predicted molar refractivity (Wildman–Crippen MR) is 140 cm³/mol. The van der Waals surface area contributed by atoms with Gasteiger partial charge in [0.05, 0.1) is 30.8 Å². The van der Waals surface area contributed by atoms with E-state index >= 15 is 0 Å². The minimum atomic E-state index is -0.430. The Hall–Kier alpha value is -4.04. The molecular formula is C28H25N3O4S. The molecule has 182 valence electrons. The zero-order chi connectivity index (χ0) is 25.4. The third-order valence-electron chi connectivity index (χ3n) is 6.40. The van der Waals surface area contributed by atoms with Gasteiger partial charge < -0.3 is 9.15 Å². The summed E-state index contributed by atoms with van der Waals surface area (Å²) in [7, 11) is 1.34. The summed E-state index contributed by atoms with van der Waals surface area (Å²) in [6, 6.07) is 13.4. The van der Waals surface area contributed by atoms with Crippen molar-refractivity contribution in [3.63, 3.8) is 0 Å². The molecule has 1 N–H and O–H groups in total. The number of fused-ring (bicyclic) bond motifs is 2. The van der Waals surface area contributed by atoms with Crippen molar-refractivity contribution in [2.75, 3.05) is 7.11 Å². The van der Waals surface area contributed by atoms with Gasteiger partial charge in [0.15, 0.2) is 11.7 Å². The molecule has 2 heterocycles. The molecule has 1 unspecified atom stereocenters. The van der Waals surface area contributed by atoms with Crippen molar-refractivity contribution in [2.45, 2.75) is 32.7 Å². The van der Waals surface area contributed by atoms with Crippen molar-refractivity contribution in [3.05, 3.63) is 115 Å². The van der Waals surface area contributed by atoms with Crippen LogP contribution in [0.2, 0.25) is 0 Å². The minimum Gasteiger partial charge on any atom is -0.465 e. The number of H-pyrrole nitrogens is 1. The SMILES string of the molecule is CCc1ccc2c(c1)C=Cc1oc(C)nc1C2c1cn(Cc2cccc(C(=O)OC)c2)c(=O)[nH]c1=S. The van der Waals surface area contributed by atoms with E-state index in [9.17, 15) is 9.59 Å². The standard InChI is InChI=1S/C28H25N3O4S/c1-4-17-8-10-21-19(12-17)9-11-23-25(29-16(2)35-23)24(21)22-15-31(28(33)30-26(22)36)14-18-6-5-7-20(13-18)27(32)34-3/h5-13,15,24H,4,14H2,1-3H3,(H,30,33,36). The van der Waals surface area contributed by atoms with Crippen LogP contribution >= 0.6 is 12.2 Å². The van der Waals surface area contributed by atoms with Gasteiger partial charge in [-0.05, 0) is 46.9 Å². The number of aromatic amines is 1. The number of benzene rings is 2. The number of nitrogens with one attached hydrogen (secondary N) is 1. The maximum absolute atomic E-state index is 12.9. The molecule has 0 spiro atoms. The Morgan fingerprint density at radius 1 is 1.17 bits per heavy atom. The average molecular weight is 500 g/mol. The summed E-state index contributed by atoms with van der Waals surface area (Å²) in [5, 5.41) is 0. The molecule has 0 radical (unpaired) electrons. The average Bonchev–Trinajstić information content (AvgIpc) is 3.18. The van der Waals surface area contributed by atoms with Crippen LogP contribution in [-0.4, -0.2) is 27.6 Å². The normalized spacial score (nSPS) is 14.1. The summed E-state index contributed by atoms with van der Waals surface area (Å²) in [5.74, 6) is 0.474. The molecule has 2 aromatic carbocycles. The number of oxazole rings is 1. The van der Waals surface area contributed by atoms with Gasteiger partial charge in [0.25, 0.3) is 0 Å². The van der Waals surface area contributed by atoms with E-state index in [-0.39, 0.29) is 18.2 Å². The number of nitrogens with zero attached hydrogens (tertiary/aromatic N) is 2. The smallest absolute Gasteiger partial charge is 0.337 e. The van der Waals surface area contributed by atoms with Crippen LogP contribution in [0.5, 0.6) is 0 Å². The van der Waals surface area contributed by atoms with Gasteiger partial charge in [0.2, 0.25) is 0 Å². The third kappa shape index (κ3) is 4.35. The molecule has 0 saturated carbocycles. The van der Waals surface area contributed by atoms with Gasteiger partial charge in [-0.3, -0.25) is 9.55 Å². The molecule has 0 saturated heterocycles. The van der Waals surface area contributed by atoms with Crippen molar-refractivity contribution >= 4 is 30.3 Å². The molecule has 8 heteroatoms. The van der Waals surface area contributed by atoms with Gasteiger partial charge in [-0.2, -0.15) is 0 Å². The summed E-state index contributed by atoms with van der Waals surface area (Å²) >= 11 is 5.66. The van der Waals surface area contributed by atoms with E-state index in [2.05, 4.69) is 30.1 Å². The van der Waals surface area contributed by atoms with Crippen LogP contribution in [0.15, 0.2) is 57.9 Å². The van der Waals surface area contributed by atoms with Gasteiger partial charge in [-0.15, -0.1) is 0 Å². The number of hydrogen-bond acceptors (Lipinski definition) is 6. The molecule has 0 fully saturated rings. The minimum absolute atomic E-state index is 0.250. The molecule has 36 heavy (non-hydrogen) atoms. The number of methoxy groups -OCH3 is 1. The second-order valence-electron chi connectivity index (χ2n) is 8.73. The summed E-state index contributed by atoms with van der Waals surface area (Å²) in [6.07, 6.45) is 6.68. The first-order valence-electron chi connectivity index (χ1n) is 11.7. The Morgan fingerprint density at radius 2 is 2.00 bits per heavy atom. The van der Waals surface area contributed by atoms with Crippen LogP contribution in [0, 0.1) is 11.6 Å². The highest BCUT2D eigenvalue weighted by Crippen LogP contribution is 2.39. The van der Waals surface area contributed by atoms with Crippen LogP contribution in [0.25, 0.3) is 12.2 Å². The number of ether oxygens (including phenoxy) is 1. The summed E-state index contributed by atoms with van der Waals surface area (Å²) < 4.78 is 12.6. The van der Waals surface area contributed by atoms with E-state index in [1.165, 1.54) is 12.7 Å². The first-order chi connectivity index (χ1) is 17.4. The molecular weight excluding hydrogens is 474 g/mol. The molecule has 0 amide bonds. The van der Waals surface area contributed by atoms with Crippen LogP contribution in [-0.2, 0) is 17.7 Å². The lowest BCUT2D eigenvalue weighted by Gasteiger charge is -2.19. The Morgan fingerprint density at radius 3 is 2.78 bits per heavy atom. The van der Waals surface area contributed by atoms with Crippen LogP contribution < -0.4 is 5.69 Å². The van der Waals surface area contributed by atoms with E-state index in [4.69, 9.17) is 26.4 Å². The second kappa shape index (κ2) is 9.54. The zero-order valence-electron chi connectivity index (χ0n) is 20.2. The molecule has 5 rings (SSSR count). The van der Waals surface area contributed by atoms with Gasteiger partial charge in [-0.1, -0.05) is 55.5 Å². The van der Waals surface area contributed by atoms with E-state index in [0.29, 0.717) is 21.9 Å². The van der Waals surface area contributed by atoms with Gasteiger partial charge in [0.1, 0.15) is 4.64 Å². The van der Waals surface area contributed by atoms with Crippen molar-refractivity contribution in [2.24, 2.45) is 0 Å². The fraction of sp³-hybridized carbons (Fsp3) is 0.214. The summed E-state index contributed by atoms with van der Waals surface area (Å²) in [4.78, 5) is 32.4. The lowest BCUT2D eigenvalue weighted by molar-refractivity contribution is 0.0600. The molecule has 4 aromatic rings. The first kappa shape index (κ1) is 23.7. The largest absolute Gasteiger partial charge is 0.465 e. The fourth-order valence-electron chi connectivity index (χ4n) is 4.62. The molecule has 1 atom stereocenters. The van der Waals surface area contributed by atoms with Crippen LogP contribution in [0.1, 0.15) is 68.4 Å². The number of aryl methyl sites for hydroxylation is 2. The molecule has 7 nitrogen and oxygen atoms in total. The molecule has 1 aliphatic carbocycles. The number of esters is 1. The predicted octanol–water partition coefficient (Wildman–Crippen LogP) is 5.26. The quantitative estimate of drug-likeness (QED) is 0.262. The Balaban J connectivity index is 1.65. The van der Waals surface area contributed by atoms with Gasteiger partial charge in [-0.25, -0.2) is 14.6 Å². The Kier molecular flexibility index (Phi) is 6.28. The van der Waals surface area contributed by atoms with E-state index in [1.807, 2.05) is 25.1 Å². The molecule has 0 aliphatic heterocycles. The summed E-state index contributed by atoms with van der Waals surface area (Å²) in [6.45, 7) is 4.19.